The summed E-state index contributed by atoms with van der Waals surface area (Å²) in [5.41, 5.74) is 2.06. The first-order valence-electron chi connectivity index (χ1n) is 3.68. The van der Waals surface area contributed by atoms with Crippen LogP contribution in [0.25, 0.3) is 0 Å². The third-order valence-corrected chi connectivity index (χ3v) is 2.54. The van der Waals surface area contributed by atoms with Crippen LogP contribution in [0.1, 0.15) is 18.3 Å². The lowest BCUT2D eigenvalue weighted by Crippen LogP contribution is -1.94. The third-order valence-electron chi connectivity index (χ3n) is 1.82. The number of halogens is 1. The first-order chi connectivity index (χ1) is 5.74. The van der Waals surface area contributed by atoms with Crippen molar-refractivity contribution >= 4 is 28.5 Å². The first-order valence-corrected chi connectivity index (χ1v) is 5.20. The molecule has 0 N–H and O–H groups in total. The van der Waals surface area contributed by atoms with Gasteiger partial charge in [-0.3, -0.25) is 0 Å². The Morgan fingerprint density at radius 3 is 2.67 bits per heavy atom. The molecule has 0 saturated heterocycles. The molecule has 1 aromatic heterocycles. The second-order valence-corrected chi connectivity index (χ2v) is 3.21. The average molecular weight is 279 g/mol. The van der Waals surface area contributed by atoms with Crippen LogP contribution in [0.4, 0.5) is 5.95 Å². The lowest BCUT2D eigenvalue weighted by molar-refractivity contribution is 0.864. The molecule has 1 heterocycles. The highest BCUT2D eigenvalue weighted by atomic mass is 127. The largest absolute Gasteiger partial charge is 0.312 e. The highest BCUT2D eigenvalue weighted by Gasteiger charge is 2.11. The van der Waals surface area contributed by atoms with Crippen molar-refractivity contribution in [1.29, 1.82) is 0 Å². The van der Waals surface area contributed by atoms with Crippen molar-refractivity contribution in [3.8, 4) is 0 Å². The summed E-state index contributed by atoms with van der Waals surface area (Å²) in [5, 5.41) is 2.85. The van der Waals surface area contributed by atoms with E-state index in [4.69, 9.17) is 0 Å². The van der Waals surface area contributed by atoms with Gasteiger partial charge in [-0.1, -0.05) is 29.5 Å². The summed E-state index contributed by atoms with van der Waals surface area (Å²) in [6.07, 6.45) is 0.849. The topological polar surface area (TPSA) is 47.2 Å². The molecule has 0 unspecified atom stereocenters. The molecule has 12 heavy (non-hydrogen) atoms. The van der Waals surface area contributed by atoms with Crippen LogP contribution < -0.4 is 0 Å². The molecule has 0 fully saturated rings. The minimum absolute atomic E-state index is 0.276. The lowest BCUT2D eigenvalue weighted by Gasteiger charge is -1.98. The Kier molecular flexibility index (Phi) is 3.19. The van der Waals surface area contributed by atoms with E-state index in [0.29, 0.717) is 0 Å². The van der Waals surface area contributed by atoms with Crippen molar-refractivity contribution in [3.05, 3.63) is 16.3 Å². The van der Waals surface area contributed by atoms with Gasteiger partial charge in [-0.05, 0) is 6.42 Å². The standard InChI is InChI=1S/C7H10IN3O/c1-3-5-6(4-8)11(2)7(9-5)10-12/h3-4H2,1-2H3. The maximum atomic E-state index is 10.3. The zero-order valence-corrected chi connectivity index (χ0v) is 9.20. The number of nitroso groups, excluding NO2 is 1. The predicted molar refractivity (Wildman–Crippen MR) is 55.8 cm³/mol. The quantitative estimate of drug-likeness (QED) is 0.484. The van der Waals surface area contributed by atoms with E-state index < -0.39 is 0 Å². The number of nitrogens with zero attached hydrogens (tertiary/aromatic N) is 3. The molecule has 0 aliphatic heterocycles. The molecule has 4 nitrogen and oxygen atoms in total. The summed E-state index contributed by atoms with van der Waals surface area (Å²) in [4.78, 5) is 14.4. The Labute approximate surface area is 84.5 Å². The monoisotopic (exact) mass is 279 g/mol. The van der Waals surface area contributed by atoms with E-state index in [1.165, 1.54) is 0 Å². The maximum Gasteiger partial charge on any atom is 0.271 e. The van der Waals surface area contributed by atoms with Crippen LogP contribution >= 0.6 is 22.6 Å². The van der Waals surface area contributed by atoms with Gasteiger partial charge in [0, 0.05) is 16.7 Å². The number of imidazole rings is 1. The molecule has 0 saturated carbocycles. The minimum Gasteiger partial charge on any atom is -0.312 e. The molecule has 1 aromatic rings. The Hall–Kier alpha value is -0.460. The number of rotatable bonds is 3. The van der Waals surface area contributed by atoms with Gasteiger partial charge in [-0.2, -0.15) is 0 Å². The van der Waals surface area contributed by atoms with Gasteiger partial charge in [-0.15, -0.1) is 4.91 Å². The van der Waals surface area contributed by atoms with Crippen molar-refractivity contribution in [2.75, 3.05) is 0 Å². The van der Waals surface area contributed by atoms with Gasteiger partial charge in [0.25, 0.3) is 5.95 Å². The summed E-state index contributed by atoms with van der Waals surface area (Å²) in [6, 6.07) is 0. The molecule has 0 aromatic carbocycles. The number of aromatic nitrogens is 2. The fourth-order valence-electron chi connectivity index (χ4n) is 1.11. The second-order valence-electron chi connectivity index (χ2n) is 2.44. The van der Waals surface area contributed by atoms with E-state index in [9.17, 15) is 4.91 Å². The SMILES string of the molecule is CCc1nc(N=O)n(C)c1CI. The van der Waals surface area contributed by atoms with Crippen molar-refractivity contribution in [2.24, 2.45) is 12.2 Å². The van der Waals surface area contributed by atoms with Crippen molar-refractivity contribution in [1.82, 2.24) is 9.55 Å². The van der Waals surface area contributed by atoms with Crippen LogP contribution in [-0.2, 0) is 17.9 Å². The van der Waals surface area contributed by atoms with E-state index in [0.717, 1.165) is 22.2 Å². The Morgan fingerprint density at radius 2 is 2.33 bits per heavy atom. The predicted octanol–water partition coefficient (Wildman–Crippen LogP) is 2.32. The van der Waals surface area contributed by atoms with Gasteiger partial charge in [-0.25, -0.2) is 4.98 Å². The highest BCUT2D eigenvalue weighted by molar-refractivity contribution is 14.1. The molecule has 0 spiro atoms. The Balaban J connectivity index is 3.22. The average Bonchev–Trinajstić information content (AvgIpc) is 2.41. The lowest BCUT2D eigenvalue weighted by atomic mass is 10.3. The fraction of sp³-hybridized carbons (Fsp3) is 0.571. The molecular weight excluding hydrogens is 269 g/mol. The highest BCUT2D eigenvalue weighted by Crippen LogP contribution is 2.19. The normalized spacial score (nSPS) is 10.2. The van der Waals surface area contributed by atoms with Crippen LogP contribution in [0.5, 0.6) is 0 Å². The van der Waals surface area contributed by atoms with Gasteiger partial charge in [0.15, 0.2) is 0 Å². The number of aryl methyl sites for hydroxylation is 1. The second kappa shape index (κ2) is 3.97. The molecule has 0 aliphatic carbocycles. The molecule has 66 valence electrons. The molecule has 0 atom stereocenters. The Bertz CT molecular complexity index is 295. The van der Waals surface area contributed by atoms with Gasteiger partial charge in [0.2, 0.25) is 0 Å². The smallest absolute Gasteiger partial charge is 0.271 e. The molecule has 0 radical (unpaired) electrons. The van der Waals surface area contributed by atoms with Crippen LogP contribution in [0.2, 0.25) is 0 Å². The number of hydrogen-bond acceptors (Lipinski definition) is 3. The van der Waals surface area contributed by atoms with E-state index in [-0.39, 0.29) is 5.95 Å². The Morgan fingerprint density at radius 1 is 1.67 bits per heavy atom. The zero-order chi connectivity index (χ0) is 9.14. The van der Waals surface area contributed by atoms with Crippen LogP contribution in [-0.4, -0.2) is 9.55 Å². The summed E-state index contributed by atoms with van der Waals surface area (Å²) >= 11 is 2.25. The van der Waals surface area contributed by atoms with Crippen molar-refractivity contribution < 1.29 is 0 Å². The maximum absolute atomic E-state index is 10.3. The fourth-order valence-corrected chi connectivity index (χ4v) is 2.06. The van der Waals surface area contributed by atoms with Crippen LogP contribution in [0, 0.1) is 4.91 Å². The van der Waals surface area contributed by atoms with Gasteiger partial charge in [0.1, 0.15) is 0 Å². The molecular formula is C7H10IN3O. The van der Waals surface area contributed by atoms with E-state index >= 15 is 0 Å². The van der Waals surface area contributed by atoms with E-state index in [1.807, 2.05) is 14.0 Å². The number of hydrogen-bond donors (Lipinski definition) is 0. The van der Waals surface area contributed by atoms with Gasteiger partial charge >= 0.3 is 0 Å². The first kappa shape index (κ1) is 9.63. The molecule has 0 bridgehead atoms. The van der Waals surface area contributed by atoms with Gasteiger partial charge in [0.05, 0.1) is 11.4 Å². The van der Waals surface area contributed by atoms with Crippen molar-refractivity contribution in [2.45, 2.75) is 17.8 Å². The number of alkyl halides is 1. The minimum atomic E-state index is 0.276. The van der Waals surface area contributed by atoms with Crippen LogP contribution in [0.15, 0.2) is 5.18 Å². The summed E-state index contributed by atoms with van der Waals surface area (Å²) < 4.78 is 2.61. The van der Waals surface area contributed by atoms with E-state index in [2.05, 4.69) is 32.8 Å². The molecule has 1 rings (SSSR count). The summed E-state index contributed by atoms with van der Waals surface area (Å²) in [5.74, 6) is 0.276. The molecule has 0 aliphatic rings. The van der Waals surface area contributed by atoms with Gasteiger partial charge < -0.3 is 4.57 Å². The molecule has 0 amide bonds. The summed E-state index contributed by atoms with van der Waals surface area (Å²) in [6.45, 7) is 2.02. The summed E-state index contributed by atoms with van der Waals surface area (Å²) in [7, 11) is 1.82. The van der Waals surface area contributed by atoms with Crippen molar-refractivity contribution in [3.63, 3.8) is 0 Å². The van der Waals surface area contributed by atoms with Crippen LogP contribution in [0.3, 0.4) is 0 Å². The molecule has 5 heteroatoms. The van der Waals surface area contributed by atoms with E-state index in [1.54, 1.807) is 4.57 Å². The zero-order valence-electron chi connectivity index (χ0n) is 7.04. The third kappa shape index (κ3) is 1.50.